The summed E-state index contributed by atoms with van der Waals surface area (Å²) in [7, 11) is -1.73. The van der Waals surface area contributed by atoms with Gasteiger partial charge in [0, 0.05) is 0 Å². The van der Waals surface area contributed by atoms with Gasteiger partial charge in [-0.05, 0) is 0 Å². The van der Waals surface area contributed by atoms with E-state index in [-0.39, 0.29) is 56.4 Å². The third-order valence-corrected chi connectivity index (χ3v) is 8.14. The van der Waals surface area contributed by atoms with E-state index in [0.29, 0.717) is 5.54 Å². The minimum atomic E-state index is -1.73. The summed E-state index contributed by atoms with van der Waals surface area (Å²) in [6, 6.07) is 0. The molecule has 1 N–H and O–H groups in total. The van der Waals surface area contributed by atoms with Gasteiger partial charge in [0.05, 0.1) is 0 Å². The molecule has 0 aromatic heterocycles. The molecule has 0 saturated carbocycles. The Hall–Kier alpha value is 1.81. The minimum absolute atomic E-state index is 0. The van der Waals surface area contributed by atoms with E-state index in [1.54, 1.807) is 0 Å². The van der Waals surface area contributed by atoms with Crippen molar-refractivity contribution in [2.24, 2.45) is 0 Å². The first kappa shape index (κ1) is 15.3. The molecular weight excluding hydrogens is 177 g/mol. The molecule has 0 fully saturated rings. The average Bonchev–Trinajstić information content (AvgIpc) is 1.62. The van der Waals surface area contributed by atoms with Crippen LogP contribution < -0.4 is 51.4 Å². The SMILES string of the molecule is CC(C)[Si](C)([NH-])C(C)(C)C.[K+]. The maximum atomic E-state index is 8.17. The molecule has 0 heterocycles. The first-order valence-electron chi connectivity index (χ1n) is 3.94. The van der Waals surface area contributed by atoms with Gasteiger partial charge in [-0.2, -0.15) is 0 Å². The Morgan fingerprint density at radius 3 is 1.45 bits per heavy atom. The molecule has 62 valence electrons. The molecule has 0 radical (unpaired) electrons. The maximum absolute atomic E-state index is 8.17. The second-order valence-corrected chi connectivity index (χ2v) is 9.67. The monoisotopic (exact) mass is 197 g/mol. The third-order valence-electron chi connectivity index (χ3n) is 2.71. The van der Waals surface area contributed by atoms with Crippen molar-refractivity contribution in [3.63, 3.8) is 0 Å². The Balaban J connectivity index is 0. The fourth-order valence-electron chi connectivity index (χ4n) is 0.866. The van der Waals surface area contributed by atoms with Gasteiger partial charge in [0.15, 0.2) is 0 Å². The second-order valence-electron chi connectivity index (χ2n) is 4.61. The van der Waals surface area contributed by atoms with Gasteiger partial charge in [-0.3, -0.25) is 0 Å². The van der Waals surface area contributed by atoms with E-state index in [2.05, 4.69) is 41.2 Å². The molecule has 1 unspecified atom stereocenters. The second kappa shape index (κ2) is 4.89. The summed E-state index contributed by atoms with van der Waals surface area (Å²) in [5.74, 6) is 0. The van der Waals surface area contributed by atoms with Crippen LogP contribution in [0.4, 0.5) is 0 Å². The topological polar surface area (TPSA) is 23.8 Å². The van der Waals surface area contributed by atoms with Gasteiger partial charge in [-0.15, -0.1) is 0 Å². The molecule has 0 spiro atoms. The zero-order valence-electron chi connectivity index (χ0n) is 9.08. The molecular formula is C8H20KNSi. The van der Waals surface area contributed by atoms with Crippen molar-refractivity contribution in [2.75, 3.05) is 0 Å². The van der Waals surface area contributed by atoms with Crippen LogP contribution in [0, 0.1) is 0 Å². The summed E-state index contributed by atoms with van der Waals surface area (Å²) >= 11 is 0. The van der Waals surface area contributed by atoms with Crippen LogP contribution in [-0.2, 0) is 0 Å². The standard InChI is InChI=1S/C8H20NSi.K/c1-7(2)10(6,9)8(3,4)5;/h7,9H,1-6H3;/q-1;+1. The zero-order valence-corrected chi connectivity index (χ0v) is 13.2. The van der Waals surface area contributed by atoms with Crippen LogP contribution in [0.3, 0.4) is 0 Å². The molecule has 0 saturated heterocycles. The fraction of sp³-hybridized carbons (Fsp3) is 1.00. The van der Waals surface area contributed by atoms with E-state index < -0.39 is 8.24 Å². The Morgan fingerprint density at radius 2 is 1.45 bits per heavy atom. The van der Waals surface area contributed by atoms with Gasteiger partial charge in [-0.1, -0.05) is 60.0 Å². The molecule has 0 rings (SSSR count). The van der Waals surface area contributed by atoms with Crippen LogP contribution in [0.15, 0.2) is 0 Å². The number of rotatable bonds is 1. The van der Waals surface area contributed by atoms with Crippen LogP contribution >= 0.6 is 0 Å². The molecule has 1 nitrogen and oxygen atoms in total. The van der Waals surface area contributed by atoms with Crippen LogP contribution in [0.1, 0.15) is 34.6 Å². The van der Waals surface area contributed by atoms with Crippen molar-refractivity contribution in [1.29, 1.82) is 0 Å². The van der Waals surface area contributed by atoms with Gasteiger partial charge in [0.2, 0.25) is 0 Å². The molecule has 0 amide bonds. The summed E-state index contributed by atoms with van der Waals surface area (Å²) in [5, 5.41) is 8.39. The van der Waals surface area contributed by atoms with Crippen molar-refractivity contribution in [2.45, 2.75) is 51.7 Å². The number of nitrogens with one attached hydrogen (secondary N) is 1. The fourth-order valence-corrected chi connectivity index (χ4v) is 2.60. The molecule has 1 atom stereocenters. The summed E-state index contributed by atoms with van der Waals surface area (Å²) in [4.78, 5) is 0. The Labute approximate surface area is 115 Å². The zero-order chi connectivity index (χ0) is 8.58. The van der Waals surface area contributed by atoms with Crippen molar-refractivity contribution >= 4 is 8.24 Å². The average molecular weight is 197 g/mol. The molecule has 0 aliphatic rings. The first-order chi connectivity index (χ1) is 4.19. The molecule has 0 aromatic carbocycles. The Kier molecular flexibility index (Phi) is 6.79. The van der Waals surface area contributed by atoms with Crippen LogP contribution in [0.25, 0.3) is 5.40 Å². The summed E-state index contributed by atoms with van der Waals surface area (Å²) in [6.07, 6.45) is 0. The summed E-state index contributed by atoms with van der Waals surface area (Å²) in [6.45, 7) is 13.1. The van der Waals surface area contributed by atoms with E-state index >= 15 is 0 Å². The van der Waals surface area contributed by atoms with E-state index in [0.717, 1.165) is 0 Å². The van der Waals surface area contributed by atoms with Gasteiger partial charge in [-0.25, -0.2) is 0 Å². The number of hydrogen-bond acceptors (Lipinski definition) is 0. The quantitative estimate of drug-likeness (QED) is 0.556. The predicted molar refractivity (Wildman–Crippen MR) is 50.8 cm³/mol. The van der Waals surface area contributed by atoms with Crippen LogP contribution in [0.2, 0.25) is 17.1 Å². The number of hydrogen-bond donors (Lipinski definition) is 0. The van der Waals surface area contributed by atoms with E-state index in [1.807, 2.05) is 0 Å². The minimum Gasteiger partial charge on any atom is -0.679 e. The van der Waals surface area contributed by atoms with Crippen molar-refractivity contribution in [1.82, 2.24) is 0 Å². The third kappa shape index (κ3) is 4.02. The Bertz CT molecular complexity index is 116. The molecule has 3 heteroatoms. The van der Waals surface area contributed by atoms with Crippen LogP contribution in [0.5, 0.6) is 0 Å². The van der Waals surface area contributed by atoms with Gasteiger partial charge < -0.3 is 5.40 Å². The summed E-state index contributed by atoms with van der Waals surface area (Å²) in [5.41, 5.74) is 0.562. The largest absolute Gasteiger partial charge is 1.00 e. The first-order valence-corrected chi connectivity index (χ1v) is 6.52. The van der Waals surface area contributed by atoms with Gasteiger partial charge in [0.25, 0.3) is 0 Å². The normalized spacial score (nSPS) is 17.5. The smallest absolute Gasteiger partial charge is 0.679 e. The molecule has 0 aliphatic heterocycles. The summed E-state index contributed by atoms with van der Waals surface area (Å²) < 4.78 is 0. The molecule has 0 bridgehead atoms. The maximum Gasteiger partial charge on any atom is 1.00 e. The van der Waals surface area contributed by atoms with Crippen molar-refractivity contribution in [3.8, 4) is 0 Å². The van der Waals surface area contributed by atoms with Crippen LogP contribution in [-0.4, -0.2) is 8.24 Å². The van der Waals surface area contributed by atoms with Gasteiger partial charge in [0.1, 0.15) is 0 Å². The molecule has 11 heavy (non-hydrogen) atoms. The Morgan fingerprint density at radius 1 is 1.18 bits per heavy atom. The predicted octanol–water partition coefficient (Wildman–Crippen LogP) is 0.828. The van der Waals surface area contributed by atoms with E-state index in [1.165, 1.54) is 0 Å². The van der Waals surface area contributed by atoms with Gasteiger partial charge >= 0.3 is 51.4 Å². The van der Waals surface area contributed by atoms with Crippen molar-refractivity contribution < 1.29 is 51.4 Å². The van der Waals surface area contributed by atoms with E-state index in [4.69, 9.17) is 5.40 Å². The molecule has 0 aliphatic carbocycles. The molecule has 0 aromatic rings. The van der Waals surface area contributed by atoms with Crippen molar-refractivity contribution in [3.05, 3.63) is 5.40 Å². The van der Waals surface area contributed by atoms with E-state index in [9.17, 15) is 0 Å².